The Labute approximate surface area is 180 Å². The number of halogens is 3. The van der Waals surface area contributed by atoms with Gasteiger partial charge in [-0.3, -0.25) is 4.79 Å². The van der Waals surface area contributed by atoms with Crippen LogP contribution in [-0.2, 0) is 12.8 Å². The largest absolute Gasteiger partial charge is 0.493 e. The maximum absolute atomic E-state index is 12.9. The second-order valence-corrected chi connectivity index (χ2v) is 8.00. The number of amides is 1. The minimum Gasteiger partial charge on any atom is -0.493 e. The van der Waals surface area contributed by atoms with E-state index in [0.29, 0.717) is 27.8 Å². The van der Waals surface area contributed by atoms with Crippen LogP contribution in [0.3, 0.4) is 0 Å². The predicted octanol–water partition coefficient (Wildman–Crippen LogP) is 5.31. The summed E-state index contributed by atoms with van der Waals surface area (Å²) in [4.78, 5) is 16.5. The molecule has 1 amide bonds. The molecule has 5 nitrogen and oxygen atoms in total. The number of rotatable bonds is 7. The molecule has 1 N–H and O–H groups in total. The van der Waals surface area contributed by atoms with E-state index in [4.69, 9.17) is 9.47 Å². The Bertz CT molecular complexity index is 1090. The third-order valence-corrected chi connectivity index (χ3v) is 5.60. The van der Waals surface area contributed by atoms with Gasteiger partial charge in [-0.1, -0.05) is 12.1 Å². The van der Waals surface area contributed by atoms with Crippen LogP contribution in [0.1, 0.15) is 34.5 Å². The molecule has 0 bridgehead atoms. The minimum atomic E-state index is -4.41. The van der Waals surface area contributed by atoms with Crippen LogP contribution in [-0.4, -0.2) is 24.0 Å². The molecule has 0 aliphatic heterocycles. The van der Waals surface area contributed by atoms with Crippen molar-refractivity contribution in [1.82, 2.24) is 10.3 Å². The molecule has 162 valence electrons. The molecule has 1 saturated carbocycles. The lowest BCUT2D eigenvalue weighted by molar-refractivity contribution is -0.137. The fourth-order valence-electron chi connectivity index (χ4n) is 2.92. The van der Waals surface area contributed by atoms with E-state index >= 15 is 0 Å². The summed E-state index contributed by atoms with van der Waals surface area (Å²) in [6.45, 7) is -0.0393. The molecule has 0 saturated heterocycles. The van der Waals surface area contributed by atoms with Gasteiger partial charge >= 0.3 is 6.18 Å². The van der Waals surface area contributed by atoms with Crippen molar-refractivity contribution in [3.8, 4) is 22.1 Å². The molecule has 0 radical (unpaired) electrons. The van der Waals surface area contributed by atoms with E-state index in [-0.39, 0.29) is 18.6 Å². The van der Waals surface area contributed by atoms with Gasteiger partial charge in [0.05, 0.1) is 12.7 Å². The molecule has 1 aliphatic carbocycles. The zero-order valence-electron chi connectivity index (χ0n) is 16.5. The molecule has 1 aromatic heterocycles. The number of hydrogen-bond donors (Lipinski definition) is 1. The maximum atomic E-state index is 12.9. The van der Waals surface area contributed by atoms with Gasteiger partial charge in [0.15, 0.2) is 11.5 Å². The first kappa shape index (κ1) is 21.2. The first-order chi connectivity index (χ1) is 14.8. The van der Waals surface area contributed by atoms with Gasteiger partial charge in [-0.05, 0) is 48.7 Å². The molecule has 1 fully saturated rings. The van der Waals surface area contributed by atoms with Crippen LogP contribution in [0.4, 0.5) is 13.2 Å². The zero-order chi connectivity index (χ0) is 22.0. The Hall–Kier alpha value is -3.07. The monoisotopic (exact) mass is 448 g/mol. The number of methoxy groups -OCH3 is 1. The number of carbonyl (C=O) groups is 1. The summed E-state index contributed by atoms with van der Waals surface area (Å²) in [6, 6.07) is 10.4. The van der Waals surface area contributed by atoms with Gasteiger partial charge in [0.1, 0.15) is 17.3 Å². The summed E-state index contributed by atoms with van der Waals surface area (Å²) in [5.41, 5.74) is 0.794. The van der Waals surface area contributed by atoms with Crippen LogP contribution >= 0.6 is 11.3 Å². The molecule has 0 spiro atoms. The number of benzene rings is 2. The number of ether oxygens (including phenoxy) is 2. The van der Waals surface area contributed by atoms with Crippen LogP contribution in [0.2, 0.25) is 0 Å². The number of nitrogens with zero attached hydrogens (tertiary/aromatic N) is 1. The lowest BCUT2D eigenvalue weighted by Gasteiger charge is -2.13. The second-order valence-electron chi connectivity index (χ2n) is 7.14. The third-order valence-electron chi connectivity index (χ3n) is 4.71. The number of nitrogens with one attached hydrogen (secondary N) is 1. The summed E-state index contributed by atoms with van der Waals surface area (Å²) in [7, 11) is 1.48. The van der Waals surface area contributed by atoms with Crippen molar-refractivity contribution >= 4 is 17.2 Å². The molecule has 0 atom stereocenters. The Kier molecular flexibility index (Phi) is 5.86. The smallest absolute Gasteiger partial charge is 0.416 e. The van der Waals surface area contributed by atoms with Crippen molar-refractivity contribution in [3.05, 3.63) is 64.7 Å². The zero-order valence-corrected chi connectivity index (χ0v) is 17.3. The normalized spacial score (nSPS) is 13.7. The Morgan fingerprint density at radius 1 is 1.19 bits per heavy atom. The molecule has 3 aromatic rings. The van der Waals surface area contributed by atoms with Gasteiger partial charge in [-0.25, -0.2) is 4.98 Å². The first-order valence-corrected chi connectivity index (χ1v) is 10.4. The summed E-state index contributed by atoms with van der Waals surface area (Å²) < 4.78 is 49.7. The highest BCUT2D eigenvalue weighted by molar-refractivity contribution is 7.13. The third kappa shape index (κ3) is 5.16. The maximum Gasteiger partial charge on any atom is 0.416 e. The number of aromatic nitrogens is 1. The highest BCUT2D eigenvalue weighted by Crippen LogP contribution is 2.35. The number of thiazole rings is 1. The van der Waals surface area contributed by atoms with Crippen molar-refractivity contribution in [3.63, 3.8) is 0 Å². The molecule has 4 rings (SSSR count). The molecular weight excluding hydrogens is 429 g/mol. The summed E-state index contributed by atoms with van der Waals surface area (Å²) >= 11 is 1.34. The SMILES string of the molecule is COc1cc(-c2nc(C(=O)NC3CC3)cs2)ccc1OCc1cccc(C(F)(F)F)c1. The summed E-state index contributed by atoms with van der Waals surface area (Å²) in [5.74, 6) is 0.633. The quantitative estimate of drug-likeness (QED) is 0.532. The van der Waals surface area contributed by atoms with Crippen LogP contribution in [0.25, 0.3) is 10.6 Å². The van der Waals surface area contributed by atoms with Crippen LogP contribution < -0.4 is 14.8 Å². The molecular formula is C22H19F3N2O3S. The standard InChI is InChI=1S/C22H19F3N2O3S/c1-29-19-10-14(21-27-17(12-31-21)20(28)26-16-6-7-16)5-8-18(19)30-11-13-3-2-4-15(9-13)22(23,24)25/h2-5,8-10,12,16H,6-7,11H2,1H3,(H,26,28). The fourth-order valence-corrected chi connectivity index (χ4v) is 3.71. The van der Waals surface area contributed by atoms with Crippen LogP contribution in [0.15, 0.2) is 47.8 Å². The van der Waals surface area contributed by atoms with E-state index in [9.17, 15) is 18.0 Å². The molecule has 0 unspecified atom stereocenters. The molecule has 1 aliphatic rings. The number of carbonyl (C=O) groups excluding carboxylic acids is 1. The van der Waals surface area contributed by atoms with Crippen molar-refractivity contribution in [1.29, 1.82) is 0 Å². The van der Waals surface area contributed by atoms with Gasteiger partial charge in [-0.2, -0.15) is 13.2 Å². The molecule has 1 heterocycles. The van der Waals surface area contributed by atoms with Crippen molar-refractivity contribution in [2.24, 2.45) is 0 Å². The van der Waals surface area contributed by atoms with E-state index in [0.717, 1.165) is 30.5 Å². The summed E-state index contributed by atoms with van der Waals surface area (Å²) in [6.07, 6.45) is -2.40. The number of alkyl halides is 3. The lowest BCUT2D eigenvalue weighted by Crippen LogP contribution is -2.25. The van der Waals surface area contributed by atoms with E-state index in [2.05, 4.69) is 10.3 Å². The minimum absolute atomic E-state index is 0.0393. The van der Waals surface area contributed by atoms with Crippen molar-refractivity contribution in [2.45, 2.75) is 31.7 Å². The lowest BCUT2D eigenvalue weighted by atomic mass is 10.1. The van der Waals surface area contributed by atoms with E-state index in [1.54, 1.807) is 29.6 Å². The first-order valence-electron chi connectivity index (χ1n) is 9.57. The van der Waals surface area contributed by atoms with E-state index < -0.39 is 11.7 Å². The Morgan fingerprint density at radius 3 is 2.71 bits per heavy atom. The predicted molar refractivity (Wildman–Crippen MR) is 110 cm³/mol. The topological polar surface area (TPSA) is 60.5 Å². The van der Waals surface area contributed by atoms with Gasteiger partial charge in [0, 0.05) is 17.0 Å². The van der Waals surface area contributed by atoms with Gasteiger partial charge in [-0.15, -0.1) is 11.3 Å². The van der Waals surface area contributed by atoms with E-state index in [1.165, 1.54) is 24.5 Å². The fraction of sp³-hybridized carbons (Fsp3) is 0.273. The summed E-state index contributed by atoms with van der Waals surface area (Å²) in [5, 5.41) is 5.26. The van der Waals surface area contributed by atoms with Gasteiger partial charge < -0.3 is 14.8 Å². The molecule has 31 heavy (non-hydrogen) atoms. The van der Waals surface area contributed by atoms with Crippen molar-refractivity contribution in [2.75, 3.05) is 7.11 Å². The van der Waals surface area contributed by atoms with E-state index in [1.807, 2.05) is 0 Å². The average molecular weight is 448 g/mol. The molecule has 2 aromatic carbocycles. The number of hydrogen-bond acceptors (Lipinski definition) is 5. The van der Waals surface area contributed by atoms with Crippen LogP contribution in [0, 0.1) is 0 Å². The van der Waals surface area contributed by atoms with Gasteiger partial charge in [0.2, 0.25) is 0 Å². The highest BCUT2D eigenvalue weighted by Gasteiger charge is 2.30. The van der Waals surface area contributed by atoms with Crippen molar-refractivity contribution < 1.29 is 27.4 Å². The van der Waals surface area contributed by atoms with Gasteiger partial charge in [0.25, 0.3) is 5.91 Å². The highest BCUT2D eigenvalue weighted by atomic mass is 32.1. The Balaban J connectivity index is 1.47. The second kappa shape index (κ2) is 8.58. The van der Waals surface area contributed by atoms with Crippen LogP contribution in [0.5, 0.6) is 11.5 Å². The molecule has 9 heteroatoms. The average Bonchev–Trinajstić information content (AvgIpc) is 3.43. The Morgan fingerprint density at radius 2 is 2.00 bits per heavy atom.